The largest absolute Gasteiger partial charge is 0.492 e. The highest BCUT2D eigenvalue weighted by Gasteiger charge is 2.34. The molecule has 0 bridgehead atoms. The second-order valence-electron chi connectivity index (χ2n) is 5.90. The van der Waals surface area contributed by atoms with Crippen molar-refractivity contribution in [3.05, 3.63) is 23.3 Å². The number of nitrogens with zero attached hydrogens (tertiary/aromatic N) is 1. The van der Waals surface area contributed by atoms with E-state index in [1.807, 2.05) is 34.6 Å². The molecule has 1 fully saturated rings. The summed E-state index contributed by atoms with van der Waals surface area (Å²) in [4.78, 5) is 0.249. The minimum Gasteiger partial charge on any atom is -0.492 e. The highest BCUT2D eigenvalue weighted by molar-refractivity contribution is 7.89. The molecule has 22 heavy (non-hydrogen) atoms. The molecule has 0 amide bonds. The summed E-state index contributed by atoms with van der Waals surface area (Å²) in [6, 6.07) is 3.51. The van der Waals surface area contributed by atoms with Crippen LogP contribution in [-0.2, 0) is 14.8 Å². The number of hydrogen-bond acceptors (Lipinski definition) is 4. The number of morpholine rings is 1. The molecule has 2 rings (SSSR count). The lowest BCUT2D eigenvalue weighted by Crippen LogP contribution is -2.48. The Bertz CT molecular complexity index is 632. The van der Waals surface area contributed by atoms with E-state index in [-0.39, 0.29) is 17.1 Å². The monoisotopic (exact) mass is 327 g/mol. The normalized spacial score (nSPS) is 23.5. The highest BCUT2D eigenvalue weighted by Crippen LogP contribution is 2.31. The standard InChI is InChI=1S/C16H25NO4S/c1-6-20-15-7-11(2)12(3)8-16(15)22(18,19)17-9-13(4)21-14(5)10-17/h7-8,13-14H,6,9-10H2,1-5H3/t13-,14+. The lowest BCUT2D eigenvalue weighted by molar-refractivity contribution is -0.0441. The molecule has 0 saturated carbocycles. The maximum absolute atomic E-state index is 13.0. The van der Waals surface area contributed by atoms with Crippen LogP contribution >= 0.6 is 0 Å². The van der Waals surface area contributed by atoms with Gasteiger partial charge in [-0.3, -0.25) is 0 Å². The SMILES string of the molecule is CCOc1cc(C)c(C)cc1S(=O)(=O)N1C[C@@H](C)O[C@@H](C)C1. The highest BCUT2D eigenvalue weighted by atomic mass is 32.2. The fourth-order valence-corrected chi connectivity index (χ4v) is 4.49. The Labute approximate surface area is 133 Å². The van der Waals surface area contributed by atoms with Crippen molar-refractivity contribution in [2.75, 3.05) is 19.7 Å². The Hall–Kier alpha value is -1.11. The van der Waals surface area contributed by atoms with Crippen LogP contribution in [0.5, 0.6) is 5.75 Å². The van der Waals surface area contributed by atoms with Crippen molar-refractivity contribution in [1.29, 1.82) is 0 Å². The number of sulfonamides is 1. The molecule has 0 N–H and O–H groups in total. The summed E-state index contributed by atoms with van der Waals surface area (Å²) in [5, 5.41) is 0. The summed E-state index contributed by atoms with van der Waals surface area (Å²) < 4.78 is 38.8. The first-order valence-corrected chi connectivity index (χ1v) is 9.09. The van der Waals surface area contributed by atoms with Crippen molar-refractivity contribution < 1.29 is 17.9 Å². The fourth-order valence-electron chi connectivity index (χ4n) is 2.70. The number of benzene rings is 1. The zero-order valence-electron chi connectivity index (χ0n) is 13.9. The van der Waals surface area contributed by atoms with E-state index in [9.17, 15) is 8.42 Å². The molecule has 0 unspecified atom stereocenters. The third-order valence-electron chi connectivity index (χ3n) is 3.86. The van der Waals surface area contributed by atoms with Crippen molar-refractivity contribution in [3.63, 3.8) is 0 Å². The van der Waals surface area contributed by atoms with Gasteiger partial charge in [-0.1, -0.05) is 0 Å². The molecule has 124 valence electrons. The van der Waals surface area contributed by atoms with Gasteiger partial charge in [0.1, 0.15) is 10.6 Å². The van der Waals surface area contributed by atoms with Gasteiger partial charge in [0.2, 0.25) is 10.0 Å². The van der Waals surface area contributed by atoms with Gasteiger partial charge in [0.25, 0.3) is 0 Å². The van der Waals surface area contributed by atoms with E-state index >= 15 is 0 Å². The Morgan fingerprint density at radius 1 is 1.18 bits per heavy atom. The molecule has 0 spiro atoms. The Morgan fingerprint density at radius 2 is 1.73 bits per heavy atom. The molecule has 1 aliphatic heterocycles. The molecule has 5 nitrogen and oxygen atoms in total. The summed E-state index contributed by atoms with van der Waals surface area (Å²) in [5.74, 6) is 0.428. The Balaban J connectivity index is 2.46. The first-order valence-electron chi connectivity index (χ1n) is 7.65. The molecular formula is C16H25NO4S. The minimum absolute atomic E-state index is 0.111. The minimum atomic E-state index is -3.59. The van der Waals surface area contributed by atoms with E-state index in [2.05, 4.69) is 0 Å². The van der Waals surface area contributed by atoms with Crippen LogP contribution in [0.3, 0.4) is 0 Å². The van der Waals surface area contributed by atoms with Gasteiger partial charge in [0, 0.05) is 13.1 Å². The lowest BCUT2D eigenvalue weighted by Gasteiger charge is -2.34. The van der Waals surface area contributed by atoms with E-state index in [1.54, 1.807) is 12.1 Å². The first kappa shape index (κ1) is 17.2. The van der Waals surface area contributed by atoms with E-state index in [4.69, 9.17) is 9.47 Å². The lowest BCUT2D eigenvalue weighted by atomic mass is 10.1. The van der Waals surface area contributed by atoms with Crippen molar-refractivity contribution in [3.8, 4) is 5.75 Å². The third kappa shape index (κ3) is 3.45. The zero-order chi connectivity index (χ0) is 16.5. The van der Waals surface area contributed by atoms with E-state index in [0.29, 0.717) is 25.4 Å². The summed E-state index contributed by atoms with van der Waals surface area (Å²) in [6.45, 7) is 10.7. The van der Waals surface area contributed by atoms with E-state index in [1.165, 1.54) is 4.31 Å². The molecule has 1 saturated heterocycles. The Morgan fingerprint density at radius 3 is 2.27 bits per heavy atom. The summed E-state index contributed by atoms with van der Waals surface area (Å²) >= 11 is 0. The van der Waals surface area contributed by atoms with Gasteiger partial charge in [-0.2, -0.15) is 4.31 Å². The third-order valence-corrected chi connectivity index (χ3v) is 5.72. The maximum atomic E-state index is 13.0. The number of hydrogen-bond donors (Lipinski definition) is 0. The second-order valence-corrected chi connectivity index (χ2v) is 7.80. The quantitative estimate of drug-likeness (QED) is 0.852. The van der Waals surface area contributed by atoms with Crippen LogP contribution in [0.1, 0.15) is 31.9 Å². The van der Waals surface area contributed by atoms with Gasteiger partial charge < -0.3 is 9.47 Å². The van der Waals surface area contributed by atoms with Gasteiger partial charge in [0.05, 0.1) is 18.8 Å². The number of aryl methyl sites for hydroxylation is 2. The number of rotatable bonds is 4. The van der Waals surface area contributed by atoms with E-state index < -0.39 is 10.0 Å². The fraction of sp³-hybridized carbons (Fsp3) is 0.625. The molecule has 6 heteroatoms. The first-order chi connectivity index (χ1) is 10.3. The maximum Gasteiger partial charge on any atom is 0.246 e. The molecule has 1 aromatic rings. The molecule has 1 aromatic carbocycles. The van der Waals surface area contributed by atoms with Gasteiger partial charge in [-0.05, 0) is 57.9 Å². The molecule has 1 heterocycles. The van der Waals surface area contributed by atoms with Crippen molar-refractivity contribution >= 4 is 10.0 Å². The van der Waals surface area contributed by atoms with Gasteiger partial charge in [-0.25, -0.2) is 8.42 Å². The van der Waals surface area contributed by atoms with Gasteiger partial charge >= 0.3 is 0 Å². The predicted molar refractivity (Wildman–Crippen MR) is 85.9 cm³/mol. The van der Waals surface area contributed by atoms with Crippen LogP contribution < -0.4 is 4.74 Å². The molecule has 1 aliphatic rings. The van der Waals surface area contributed by atoms with Gasteiger partial charge in [-0.15, -0.1) is 0 Å². The van der Waals surface area contributed by atoms with Crippen LogP contribution in [0.4, 0.5) is 0 Å². The average Bonchev–Trinajstić information content (AvgIpc) is 2.41. The zero-order valence-corrected chi connectivity index (χ0v) is 14.7. The molecule has 0 radical (unpaired) electrons. The second kappa shape index (κ2) is 6.56. The van der Waals surface area contributed by atoms with Crippen LogP contribution in [-0.4, -0.2) is 44.6 Å². The molecule has 0 aromatic heterocycles. The molecular weight excluding hydrogens is 302 g/mol. The van der Waals surface area contributed by atoms with Crippen molar-refractivity contribution in [1.82, 2.24) is 4.31 Å². The smallest absolute Gasteiger partial charge is 0.246 e. The topological polar surface area (TPSA) is 55.8 Å². The van der Waals surface area contributed by atoms with Crippen LogP contribution in [0, 0.1) is 13.8 Å². The summed E-state index contributed by atoms with van der Waals surface area (Å²) in [6.07, 6.45) is -0.221. The predicted octanol–water partition coefficient (Wildman–Crippen LogP) is 2.50. The van der Waals surface area contributed by atoms with Crippen LogP contribution in [0.25, 0.3) is 0 Å². The van der Waals surface area contributed by atoms with Crippen LogP contribution in [0.15, 0.2) is 17.0 Å². The van der Waals surface area contributed by atoms with Crippen molar-refractivity contribution in [2.45, 2.75) is 51.7 Å². The van der Waals surface area contributed by atoms with Crippen LogP contribution in [0.2, 0.25) is 0 Å². The van der Waals surface area contributed by atoms with Crippen molar-refractivity contribution in [2.24, 2.45) is 0 Å². The van der Waals surface area contributed by atoms with Gasteiger partial charge in [0.15, 0.2) is 0 Å². The summed E-state index contributed by atoms with van der Waals surface area (Å²) in [7, 11) is -3.59. The van der Waals surface area contributed by atoms with E-state index in [0.717, 1.165) is 11.1 Å². The number of ether oxygens (including phenoxy) is 2. The Kier molecular flexibility index (Phi) is 5.14. The average molecular weight is 327 g/mol. The molecule has 2 atom stereocenters. The molecule has 0 aliphatic carbocycles. The summed E-state index contributed by atoms with van der Waals surface area (Å²) in [5.41, 5.74) is 1.96.